The van der Waals surface area contributed by atoms with Gasteiger partial charge in [-0.15, -0.1) is 0 Å². The summed E-state index contributed by atoms with van der Waals surface area (Å²) in [7, 11) is 2.93. The SMILES string of the molecule is COc1ccc([Se][C@H]2C[C@](O)(C(C)=O)Cc3c(O)c4c(c(O)c32)C(=O)c2c(OC)cccc2C4=O)cc1. The fraction of sp³-hybridized carbons (Fsp3) is 0.250. The minimum absolute atomic E-state index is 0.00477. The van der Waals surface area contributed by atoms with Crippen molar-refractivity contribution < 1.29 is 39.2 Å². The Morgan fingerprint density at radius 2 is 1.62 bits per heavy atom. The van der Waals surface area contributed by atoms with Gasteiger partial charge in [0.05, 0.1) is 0 Å². The third-order valence-electron chi connectivity index (χ3n) is 7.07. The summed E-state index contributed by atoms with van der Waals surface area (Å²) in [5.41, 5.74) is -1.97. The van der Waals surface area contributed by atoms with E-state index >= 15 is 0 Å². The molecule has 9 heteroatoms. The van der Waals surface area contributed by atoms with Gasteiger partial charge in [-0.1, -0.05) is 0 Å². The number of hydrogen-bond acceptors (Lipinski definition) is 8. The van der Waals surface area contributed by atoms with E-state index in [0.29, 0.717) is 5.75 Å². The maximum atomic E-state index is 13.6. The van der Waals surface area contributed by atoms with E-state index in [1.165, 1.54) is 20.1 Å². The molecule has 3 N–H and O–H groups in total. The van der Waals surface area contributed by atoms with Gasteiger partial charge in [-0.3, -0.25) is 0 Å². The van der Waals surface area contributed by atoms with Crippen molar-refractivity contribution in [3.63, 3.8) is 0 Å². The van der Waals surface area contributed by atoms with Crippen molar-refractivity contribution in [2.75, 3.05) is 14.2 Å². The average Bonchev–Trinajstić information content (AvgIpc) is 2.88. The van der Waals surface area contributed by atoms with Crippen LogP contribution in [0.15, 0.2) is 42.5 Å². The molecule has 3 aromatic rings. The van der Waals surface area contributed by atoms with Gasteiger partial charge in [-0.25, -0.2) is 0 Å². The molecule has 0 saturated carbocycles. The van der Waals surface area contributed by atoms with Gasteiger partial charge >= 0.3 is 219 Å². The first-order valence-electron chi connectivity index (χ1n) is 11.5. The quantitative estimate of drug-likeness (QED) is 0.247. The van der Waals surface area contributed by atoms with Crippen LogP contribution in [-0.4, -0.2) is 67.4 Å². The molecule has 5 rings (SSSR count). The van der Waals surface area contributed by atoms with Gasteiger partial charge in [-0.2, -0.15) is 0 Å². The van der Waals surface area contributed by atoms with Crippen LogP contribution in [0.4, 0.5) is 0 Å². The molecule has 2 aliphatic carbocycles. The second-order valence-corrected chi connectivity index (χ2v) is 11.8. The first kappa shape index (κ1) is 25.0. The van der Waals surface area contributed by atoms with Gasteiger partial charge in [0, 0.05) is 0 Å². The van der Waals surface area contributed by atoms with Gasteiger partial charge in [0.1, 0.15) is 0 Å². The standard InChI is InChI=1S/C28H24O8Se/c1-13(29)28(34)11-17-21(19(12-28)37-15-9-7-14(35-2)8-10-15)27(33)23-22(25(17)31)24(30)16-5-4-6-18(36-3)20(16)26(23)32/h4-10,19,31,33-34H,11-12H2,1-3H3/t19-,28-/m0/s1. The Balaban J connectivity index is 1.73. The van der Waals surface area contributed by atoms with Crippen LogP contribution in [0.5, 0.6) is 23.0 Å². The molecule has 0 bridgehead atoms. The molecule has 0 fully saturated rings. The van der Waals surface area contributed by atoms with Crippen molar-refractivity contribution in [1.82, 2.24) is 0 Å². The van der Waals surface area contributed by atoms with Crippen LogP contribution in [0.2, 0.25) is 0 Å². The Morgan fingerprint density at radius 1 is 0.946 bits per heavy atom. The fourth-order valence-electron chi connectivity index (χ4n) is 5.11. The number of phenols is 2. The van der Waals surface area contributed by atoms with E-state index in [1.807, 2.05) is 12.1 Å². The Hall–Kier alpha value is -3.65. The number of aromatic hydroxyl groups is 2. The number of carbonyl (C=O) groups excluding carboxylic acids is 3. The summed E-state index contributed by atoms with van der Waals surface area (Å²) in [5.74, 6) is -1.83. The van der Waals surface area contributed by atoms with Crippen molar-refractivity contribution in [2.45, 2.75) is 30.2 Å². The number of ketones is 3. The molecule has 0 aromatic heterocycles. The number of aliphatic hydroxyl groups is 1. The number of benzene rings is 3. The number of phenolic OH excluding ortho intramolecular Hbond substituents is 2. The molecule has 3 aromatic carbocycles. The summed E-state index contributed by atoms with van der Waals surface area (Å²) < 4.78 is 11.4. The molecule has 0 amide bonds. The molecule has 0 saturated heterocycles. The summed E-state index contributed by atoms with van der Waals surface area (Å²) in [6.07, 6.45) is -0.291. The van der Waals surface area contributed by atoms with E-state index in [-0.39, 0.29) is 52.0 Å². The molecule has 37 heavy (non-hydrogen) atoms. The second kappa shape index (κ2) is 9.03. The molecular weight excluding hydrogens is 543 g/mol. The van der Waals surface area contributed by atoms with Crippen molar-refractivity contribution in [3.8, 4) is 23.0 Å². The number of methoxy groups -OCH3 is 2. The van der Waals surface area contributed by atoms with Crippen LogP contribution in [-0.2, 0) is 11.2 Å². The number of Topliss-reactive ketones (excluding diaryl/α,β-unsaturated/α-hetero) is 1. The molecule has 2 atom stereocenters. The maximum absolute atomic E-state index is 13.6. The number of ether oxygens (including phenoxy) is 2. The van der Waals surface area contributed by atoms with E-state index in [0.717, 1.165) is 4.46 Å². The molecule has 0 radical (unpaired) electrons. The summed E-state index contributed by atoms with van der Waals surface area (Å²) in [5, 5.41) is 34.2. The second-order valence-electron chi connectivity index (χ2n) is 9.13. The summed E-state index contributed by atoms with van der Waals surface area (Å²) in [4.78, 5) is 39.1. The number of carbonyl (C=O) groups is 3. The van der Waals surface area contributed by atoms with E-state index in [2.05, 4.69) is 0 Å². The van der Waals surface area contributed by atoms with Gasteiger partial charge in [0.25, 0.3) is 0 Å². The Labute approximate surface area is 219 Å². The van der Waals surface area contributed by atoms with Crippen LogP contribution >= 0.6 is 0 Å². The van der Waals surface area contributed by atoms with Gasteiger partial charge in [0.15, 0.2) is 0 Å². The number of rotatable bonds is 5. The first-order chi connectivity index (χ1) is 17.6. The molecule has 2 aliphatic rings. The fourth-order valence-corrected chi connectivity index (χ4v) is 7.94. The van der Waals surface area contributed by atoms with E-state index in [4.69, 9.17) is 9.47 Å². The Morgan fingerprint density at radius 3 is 2.24 bits per heavy atom. The normalized spacial score (nSPS) is 20.1. The van der Waals surface area contributed by atoms with Crippen molar-refractivity contribution in [1.29, 1.82) is 0 Å². The summed E-state index contributed by atoms with van der Waals surface area (Å²) in [6.45, 7) is 1.27. The average molecular weight is 567 g/mol. The van der Waals surface area contributed by atoms with Crippen LogP contribution in [0.1, 0.15) is 61.1 Å². The van der Waals surface area contributed by atoms with Gasteiger partial charge < -0.3 is 0 Å². The number of hydrogen-bond donors (Lipinski definition) is 3. The molecule has 0 aliphatic heterocycles. The van der Waals surface area contributed by atoms with Crippen molar-refractivity contribution in [2.24, 2.45) is 0 Å². The number of fused-ring (bicyclic) bond motifs is 3. The van der Waals surface area contributed by atoms with E-state index < -0.39 is 54.2 Å². The predicted molar refractivity (Wildman–Crippen MR) is 135 cm³/mol. The zero-order valence-corrected chi connectivity index (χ0v) is 22.0. The van der Waals surface area contributed by atoms with Gasteiger partial charge in [0.2, 0.25) is 0 Å². The molecule has 8 nitrogen and oxygen atoms in total. The predicted octanol–water partition coefficient (Wildman–Crippen LogP) is 2.23. The van der Waals surface area contributed by atoms with Crippen LogP contribution in [0.25, 0.3) is 0 Å². The van der Waals surface area contributed by atoms with E-state index in [1.54, 1.807) is 31.4 Å². The molecular formula is C28H24O8Se. The van der Waals surface area contributed by atoms with Crippen LogP contribution < -0.4 is 13.9 Å². The third-order valence-corrected chi connectivity index (χ3v) is 9.65. The minimum atomic E-state index is -1.80. The summed E-state index contributed by atoms with van der Waals surface area (Å²) in [6, 6.07) is 11.8. The third kappa shape index (κ3) is 3.82. The molecule has 190 valence electrons. The topological polar surface area (TPSA) is 130 Å². The molecule has 0 unspecified atom stereocenters. The van der Waals surface area contributed by atoms with Crippen molar-refractivity contribution in [3.05, 3.63) is 75.8 Å². The monoisotopic (exact) mass is 568 g/mol. The van der Waals surface area contributed by atoms with E-state index in [9.17, 15) is 29.7 Å². The van der Waals surface area contributed by atoms with Gasteiger partial charge in [-0.05, 0) is 0 Å². The van der Waals surface area contributed by atoms with Crippen LogP contribution in [0.3, 0.4) is 0 Å². The zero-order valence-electron chi connectivity index (χ0n) is 20.3. The summed E-state index contributed by atoms with van der Waals surface area (Å²) >= 11 is -0.430. The first-order valence-corrected chi connectivity index (χ1v) is 13.4. The zero-order chi connectivity index (χ0) is 26.6. The molecule has 0 spiro atoms. The van der Waals surface area contributed by atoms with Crippen LogP contribution in [0, 0.1) is 0 Å². The molecule has 0 heterocycles. The Bertz CT molecular complexity index is 1480. The Kier molecular flexibility index (Phi) is 6.10. The van der Waals surface area contributed by atoms with Crippen molar-refractivity contribution >= 4 is 36.8 Å².